The lowest BCUT2D eigenvalue weighted by atomic mass is 10.00. The molecule has 0 aromatic heterocycles. The van der Waals surface area contributed by atoms with E-state index in [2.05, 4.69) is 17.2 Å². The van der Waals surface area contributed by atoms with Crippen LogP contribution in [0.25, 0.3) is 0 Å². The average molecular weight is 282 g/mol. The molecule has 0 aliphatic heterocycles. The number of carbonyl (C=O) groups excluding carboxylic acids is 1. The molecule has 1 aromatic carbocycles. The normalized spacial score (nSPS) is 18.6. The fraction of sp³-hybridized carbons (Fsp3) is 0.500. The molecule has 21 heavy (non-hydrogen) atoms. The minimum absolute atomic E-state index is 0.0309. The van der Waals surface area contributed by atoms with Crippen molar-refractivity contribution in [2.24, 2.45) is 17.1 Å². The van der Waals surface area contributed by atoms with Crippen molar-refractivity contribution >= 4 is 5.91 Å². The van der Waals surface area contributed by atoms with Gasteiger partial charge in [0.25, 0.3) is 5.91 Å². The number of rotatable bonds is 4. The van der Waals surface area contributed by atoms with Crippen LogP contribution in [0.15, 0.2) is 18.2 Å². The third kappa shape index (κ3) is 3.11. The Bertz CT molecular complexity index is 616. The Hall–Kier alpha value is -1.79. The van der Waals surface area contributed by atoms with E-state index in [0.29, 0.717) is 12.0 Å². The summed E-state index contributed by atoms with van der Waals surface area (Å²) in [5.41, 5.74) is 8.50. The maximum absolute atomic E-state index is 12.3. The second-order valence-electron chi connectivity index (χ2n) is 6.35. The van der Waals surface area contributed by atoms with Crippen LogP contribution in [0.4, 0.5) is 0 Å². The number of carbonyl (C=O) groups is 1. The van der Waals surface area contributed by atoms with Crippen LogP contribution in [0.1, 0.15) is 47.2 Å². The summed E-state index contributed by atoms with van der Waals surface area (Å²) >= 11 is 0. The zero-order valence-corrected chi connectivity index (χ0v) is 12.5. The smallest absolute Gasteiger partial charge is 0.251 e. The highest BCUT2D eigenvalue weighted by molar-refractivity contribution is 5.94. The molecule has 3 nitrogen and oxygen atoms in total. The van der Waals surface area contributed by atoms with E-state index >= 15 is 0 Å². The van der Waals surface area contributed by atoms with Crippen LogP contribution in [0.3, 0.4) is 0 Å². The molecule has 3 N–H and O–H groups in total. The Balaban J connectivity index is 1.63. The number of hydrogen-bond donors (Lipinski definition) is 2. The fourth-order valence-electron chi connectivity index (χ4n) is 3.04. The molecule has 1 aromatic rings. The molecular weight excluding hydrogens is 260 g/mol. The van der Waals surface area contributed by atoms with Crippen molar-refractivity contribution in [2.75, 3.05) is 13.1 Å². The van der Waals surface area contributed by atoms with Crippen LogP contribution in [0.2, 0.25) is 0 Å². The predicted molar refractivity (Wildman–Crippen MR) is 83.8 cm³/mol. The molecule has 2 saturated carbocycles. The van der Waals surface area contributed by atoms with Gasteiger partial charge in [-0.25, -0.2) is 0 Å². The van der Waals surface area contributed by atoms with Crippen LogP contribution in [0, 0.1) is 30.1 Å². The molecule has 2 aliphatic rings. The fourth-order valence-corrected chi connectivity index (χ4v) is 3.04. The lowest BCUT2D eigenvalue weighted by molar-refractivity contribution is 0.0942. The SMILES string of the molecule is Cc1cc(C(=O)NCC2(C3CC3)CC2)ccc1C#CCN. The Morgan fingerprint density at radius 1 is 1.43 bits per heavy atom. The summed E-state index contributed by atoms with van der Waals surface area (Å²) in [6.45, 7) is 3.17. The van der Waals surface area contributed by atoms with E-state index in [4.69, 9.17) is 5.73 Å². The quantitative estimate of drug-likeness (QED) is 0.832. The molecule has 0 heterocycles. The van der Waals surface area contributed by atoms with Gasteiger partial charge in [-0.1, -0.05) is 11.8 Å². The van der Waals surface area contributed by atoms with Gasteiger partial charge in [0.2, 0.25) is 0 Å². The summed E-state index contributed by atoms with van der Waals surface area (Å²) in [7, 11) is 0. The first-order valence-corrected chi connectivity index (χ1v) is 7.72. The second kappa shape index (κ2) is 5.54. The Morgan fingerprint density at radius 2 is 2.19 bits per heavy atom. The van der Waals surface area contributed by atoms with Crippen LogP contribution >= 0.6 is 0 Å². The van der Waals surface area contributed by atoms with Crippen molar-refractivity contribution < 1.29 is 4.79 Å². The van der Waals surface area contributed by atoms with Gasteiger partial charge < -0.3 is 11.1 Å². The Kier molecular flexibility index (Phi) is 3.73. The van der Waals surface area contributed by atoms with Gasteiger partial charge in [0, 0.05) is 17.7 Å². The highest BCUT2D eigenvalue weighted by Crippen LogP contribution is 2.60. The molecule has 0 spiro atoms. The highest BCUT2D eigenvalue weighted by Gasteiger charge is 2.53. The maximum Gasteiger partial charge on any atom is 0.251 e. The van der Waals surface area contributed by atoms with Crippen molar-refractivity contribution in [3.63, 3.8) is 0 Å². The first kappa shape index (κ1) is 14.2. The van der Waals surface area contributed by atoms with Crippen LogP contribution in [-0.2, 0) is 0 Å². The first-order valence-electron chi connectivity index (χ1n) is 7.72. The predicted octanol–water partition coefficient (Wildman–Crippen LogP) is 2.23. The summed E-state index contributed by atoms with van der Waals surface area (Å²) in [5.74, 6) is 6.77. The Morgan fingerprint density at radius 3 is 2.76 bits per heavy atom. The molecule has 3 rings (SSSR count). The molecule has 110 valence electrons. The number of amides is 1. The van der Waals surface area contributed by atoms with Gasteiger partial charge in [0.05, 0.1) is 6.54 Å². The van der Waals surface area contributed by atoms with Gasteiger partial charge in [0.15, 0.2) is 0 Å². The number of nitrogens with two attached hydrogens (primary N) is 1. The second-order valence-corrected chi connectivity index (χ2v) is 6.35. The molecule has 2 aliphatic carbocycles. The van der Waals surface area contributed by atoms with Gasteiger partial charge in [-0.3, -0.25) is 4.79 Å². The minimum Gasteiger partial charge on any atom is -0.351 e. The number of hydrogen-bond acceptors (Lipinski definition) is 2. The van der Waals surface area contributed by atoms with Crippen LogP contribution in [0.5, 0.6) is 0 Å². The summed E-state index contributed by atoms with van der Waals surface area (Å²) in [4.78, 5) is 12.3. The molecular formula is C18H22N2O. The molecule has 0 atom stereocenters. The molecule has 0 unspecified atom stereocenters. The van der Waals surface area contributed by atoms with E-state index < -0.39 is 0 Å². The van der Waals surface area contributed by atoms with Gasteiger partial charge in [-0.2, -0.15) is 0 Å². The van der Waals surface area contributed by atoms with Crippen molar-refractivity contribution in [1.29, 1.82) is 0 Å². The third-order valence-electron chi connectivity index (χ3n) is 4.75. The van der Waals surface area contributed by atoms with Crippen LogP contribution < -0.4 is 11.1 Å². The van der Waals surface area contributed by atoms with Crippen molar-refractivity contribution in [2.45, 2.75) is 32.6 Å². The van der Waals surface area contributed by atoms with E-state index in [9.17, 15) is 4.79 Å². The lowest BCUT2D eigenvalue weighted by Crippen LogP contribution is -2.31. The first-order chi connectivity index (χ1) is 10.1. The molecule has 2 fully saturated rings. The molecule has 0 bridgehead atoms. The maximum atomic E-state index is 12.3. The standard InChI is InChI=1S/C18H22N2O/c1-13-11-15(5-4-14(13)3-2-10-19)17(21)20-12-18(8-9-18)16-6-7-16/h4-5,11,16H,6-10,12,19H2,1H3,(H,20,21). The topological polar surface area (TPSA) is 55.1 Å². The summed E-state index contributed by atoms with van der Waals surface area (Å²) < 4.78 is 0. The van der Waals surface area contributed by atoms with Crippen molar-refractivity contribution in [1.82, 2.24) is 5.32 Å². The van der Waals surface area contributed by atoms with Gasteiger partial charge in [-0.15, -0.1) is 0 Å². The van der Waals surface area contributed by atoms with E-state index in [1.54, 1.807) is 0 Å². The number of aryl methyl sites for hydroxylation is 1. The Labute approximate surface area is 126 Å². The van der Waals surface area contributed by atoms with E-state index in [1.807, 2.05) is 25.1 Å². The van der Waals surface area contributed by atoms with Crippen LogP contribution in [-0.4, -0.2) is 19.0 Å². The van der Waals surface area contributed by atoms with Crippen molar-refractivity contribution in [3.05, 3.63) is 34.9 Å². The minimum atomic E-state index is 0.0309. The largest absolute Gasteiger partial charge is 0.351 e. The molecule has 0 saturated heterocycles. The summed E-state index contributed by atoms with van der Waals surface area (Å²) in [5, 5.41) is 3.12. The van der Waals surface area contributed by atoms with E-state index in [0.717, 1.165) is 29.2 Å². The number of nitrogens with one attached hydrogen (secondary N) is 1. The third-order valence-corrected chi connectivity index (χ3v) is 4.75. The van der Waals surface area contributed by atoms with E-state index in [-0.39, 0.29) is 5.91 Å². The molecule has 1 amide bonds. The van der Waals surface area contributed by atoms with Crippen molar-refractivity contribution in [3.8, 4) is 11.8 Å². The number of benzene rings is 1. The monoisotopic (exact) mass is 282 g/mol. The average Bonchev–Trinajstić information content (AvgIpc) is 3.36. The summed E-state index contributed by atoms with van der Waals surface area (Å²) in [6.07, 6.45) is 5.27. The van der Waals surface area contributed by atoms with Gasteiger partial charge in [0.1, 0.15) is 0 Å². The van der Waals surface area contributed by atoms with Gasteiger partial charge >= 0.3 is 0 Å². The lowest BCUT2D eigenvalue weighted by Gasteiger charge is -2.15. The molecule has 0 radical (unpaired) electrons. The van der Waals surface area contributed by atoms with Gasteiger partial charge in [-0.05, 0) is 67.7 Å². The molecule has 3 heteroatoms. The zero-order chi connectivity index (χ0) is 14.9. The van der Waals surface area contributed by atoms with E-state index in [1.165, 1.54) is 25.7 Å². The zero-order valence-electron chi connectivity index (χ0n) is 12.5. The summed E-state index contributed by atoms with van der Waals surface area (Å²) in [6, 6.07) is 5.66. The highest BCUT2D eigenvalue weighted by atomic mass is 16.1.